The van der Waals surface area contributed by atoms with Crippen molar-refractivity contribution >= 4 is 28.2 Å². The normalized spacial score (nSPS) is 15.8. The first-order chi connectivity index (χ1) is 14.2. The highest BCUT2D eigenvalue weighted by Gasteiger charge is 2.23. The highest BCUT2D eigenvalue weighted by atomic mass is 32.1. The summed E-state index contributed by atoms with van der Waals surface area (Å²) in [6.45, 7) is 1.88. The third kappa shape index (κ3) is 4.93. The average molecular weight is 411 g/mol. The molecule has 1 amide bonds. The predicted octanol–water partition coefficient (Wildman–Crippen LogP) is 2.46. The van der Waals surface area contributed by atoms with Crippen molar-refractivity contribution in [3.63, 3.8) is 0 Å². The SMILES string of the molecule is O=C(Nc1nnc(CC2CCN(c3cccnn3)CC2)s1)[C@@H](O)c1ccccc1. The molecule has 4 rings (SSSR count). The fourth-order valence-corrected chi connectivity index (χ4v) is 4.28. The molecule has 0 aliphatic carbocycles. The van der Waals surface area contributed by atoms with Gasteiger partial charge in [-0.05, 0) is 36.5 Å². The molecule has 0 radical (unpaired) electrons. The van der Waals surface area contributed by atoms with Crippen LogP contribution < -0.4 is 10.2 Å². The minimum atomic E-state index is -1.23. The van der Waals surface area contributed by atoms with Crippen LogP contribution in [-0.4, -0.2) is 44.5 Å². The molecule has 3 heterocycles. The van der Waals surface area contributed by atoms with E-state index in [1.165, 1.54) is 11.3 Å². The molecule has 2 aromatic heterocycles. The lowest BCUT2D eigenvalue weighted by Gasteiger charge is -2.32. The Bertz CT molecular complexity index is 928. The van der Waals surface area contributed by atoms with E-state index in [0.717, 1.165) is 43.2 Å². The fourth-order valence-electron chi connectivity index (χ4n) is 3.42. The predicted molar refractivity (Wildman–Crippen MR) is 111 cm³/mol. The average Bonchev–Trinajstić information content (AvgIpc) is 3.21. The smallest absolute Gasteiger partial charge is 0.259 e. The molecule has 8 nitrogen and oxygen atoms in total. The van der Waals surface area contributed by atoms with Gasteiger partial charge < -0.3 is 10.0 Å². The number of piperidine rings is 1. The maximum Gasteiger partial charge on any atom is 0.259 e. The molecule has 0 spiro atoms. The van der Waals surface area contributed by atoms with Crippen molar-refractivity contribution in [1.29, 1.82) is 0 Å². The third-order valence-electron chi connectivity index (χ3n) is 5.02. The molecular weight excluding hydrogens is 388 g/mol. The Balaban J connectivity index is 1.28. The highest BCUT2D eigenvalue weighted by Crippen LogP contribution is 2.27. The van der Waals surface area contributed by atoms with Gasteiger partial charge in [-0.3, -0.25) is 10.1 Å². The van der Waals surface area contributed by atoms with Crippen molar-refractivity contribution < 1.29 is 9.90 Å². The summed E-state index contributed by atoms with van der Waals surface area (Å²) in [5.74, 6) is 0.939. The van der Waals surface area contributed by atoms with Crippen molar-refractivity contribution in [3.8, 4) is 0 Å². The van der Waals surface area contributed by atoms with Gasteiger partial charge in [0.1, 0.15) is 5.01 Å². The molecule has 1 aromatic carbocycles. The minimum Gasteiger partial charge on any atom is -0.378 e. The van der Waals surface area contributed by atoms with Crippen LogP contribution in [0, 0.1) is 5.92 Å². The van der Waals surface area contributed by atoms with Gasteiger partial charge in [-0.1, -0.05) is 41.7 Å². The van der Waals surface area contributed by atoms with Crippen LogP contribution in [0.3, 0.4) is 0 Å². The van der Waals surface area contributed by atoms with Gasteiger partial charge in [0.15, 0.2) is 11.9 Å². The molecule has 0 bridgehead atoms. The van der Waals surface area contributed by atoms with E-state index < -0.39 is 12.0 Å². The zero-order valence-electron chi connectivity index (χ0n) is 15.8. The standard InChI is InChI=1S/C20H22N6O2S/c27-18(15-5-2-1-3-6-15)19(28)22-20-25-24-17(29-20)13-14-8-11-26(12-9-14)16-7-4-10-21-23-16/h1-7,10,14,18,27H,8-9,11-13H2,(H,22,25,28)/t18-/m0/s1. The van der Waals surface area contributed by atoms with Crippen LogP contribution in [0.5, 0.6) is 0 Å². The van der Waals surface area contributed by atoms with Crippen LogP contribution >= 0.6 is 11.3 Å². The molecule has 0 saturated carbocycles. The summed E-state index contributed by atoms with van der Waals surface area (Å²) in [5.41, 5.74) is 0.546. The quantitative estimate of drug-likeness (QED) is 0.643. The number of aliphatic hydroxyl groups is 1. The van der Waals surface area contributed by atoms with Crippen LogP contribution in [0.4, 0.5) is 10.9 Å². The number of carbonyl (C=O) groups is 1. The number of rotatable bonds is 6. The Kier molecular flexibility index (Phi) is 6.06. The van der Waals surface area contributed by atoms with E-state index in [4.69, 9.17) is 0 Å². The number of aromatic nitrogens is 4. The van der Waals surface area contributed by atoms with Gasteiger partial charge in [0.05, 0.1) is 0 Å². The van der Waals surface area contributed by atoms with Crippen LogP contribution in [0.1, 0.15) is 29.5 Å². The first-order valence-electron chi connectivity index (χ1n) is 9.58. The Morgan fingerprint density at radius 2 is 1.93 bits per heavy atom. The summed E-state index contributed by atoms with van der Waals surface area (Å²) in [4.78, 5) is 14.5. The van der Waals surface area contributed by atoms with Crippen LogP contribution in [-0.2, 0) is 11.2 Å². The lowest BCUT2D eigenvalue weighted by molar-refractivity contribution is -0.124. The Hall–Kier alpha value is -2.91. The number of hydrogen-bond acceptors (Lipinski definition) is 8. The number of anilines is 2. The second-order valence-electron chi connectivity index (χ2n) is 7.02. The van der Waals surface area contributed by atoms with Gasteiger partial charge >= 0.3 is 0 Å². The van der Waals surface area contributed by atoms with E-state index in [2.05, 4.69) is 30.6 Å². The van der Waals surface area contributed by atoms with E-state index >= 15 is 0 Å². The molecular formula is C20H22N6O2S. The first kappa shape index (κ1) is 19.4. The van der Waals surface area contributed by atoms with Crippen LogP contribution in [0.2, 0.25) is 0 Å². The third-order valence-corrected chi connectivity index (χ3v) is 5.88. The molecule has 29 heavy (non-hydrogen) atoms. The second kappa shape index (κ2) is 9.06. The molecule has 0 unspecified atom stereocenters. The fraction of sp³-hybridized carbons (Fsp3) is 0.350. The molecule has 1 aliphatic heterocycles. The summed E-state index contributed by atoms with van der Waals surface area (Å²) >= 11 is 1.36. The number of aliphatic hydroxyl groups excluding tert-OH is 1. The summed E-state index contributed by atoms with van der Waals surface area (Å²) in [6.07, 6.45) is 3.38. The molecule has 1 fully saturated rings. The van der Waals surface area contributed by atoms with E-state index in [0.29, 0.717) is 16.6 Å². The van der Waals surface area contributed by atoms with Gasteiger partial charge in [-0.25, -0.2) is 0 Å². The Morgan fingerprint density at radius 3 is 2.66 bits per heavy atom. The summed E-state index contributed by atoms with van der Waals surface area (Å²) in [6, 6.07) is 12.7. The minimum absolute atomic E-state index is 0.414. The van der Waals surface area contributed by atoms with Crippen molar-refractivity contribution in [1.82, 2.24) is 20.4 Å². The Morgan fingerprint density at radius 1 is 1.14 bits per heavy atom. The number of nitrogens with zero attached hydrogens (tertiary/aromatic N) is 5. The first-order valence-corrected chi connectivity index (χ1v) is 10.4. The molecule has 1 aliphatic rings. The number of hydrogen-bond donors (Lipinski definition) is 2. The number of benzene rings is 1. The van der Waals surface area contributed by atoms with Crippen molar-refractivity contribution in [2.24, 2.45) is 5.92 Å². The van der Waals surface area contributed by atoms with Gasteiger partial charge in [-0.2, -0.15) is 5.10 Å². The summed E-state index contributed by atoms with van der Waals surface area (Å²) in [7, 11) is 0. The highest BCUT2D eigenvalue weighted by molar-refractivity contribution is 7.15. The lowest BCUT2D eigenvalue weighted by atomic mass is 9.94. The topological polar surface area (TPSA) is 104 Å². The molecule has 9 heteroatoms. The summed E-state index contributed by atoms with van der Waals surface area (Å²) in [5, 5.41) is 30.5. The maximum absolute atomic E-state index is 12.2. The van der Waals surface area contributed by atoms with Crippen LogP contribution in [0.25, 0.3) is 0 Å². The number of amides is 1. The van der Waals surface area contributed by atoms with E-state index in [1.807, 2.05) is 18.2 Å². The largest absolute Gasteiger partial charge is 0.378 e. The van der Waals surface area contributed by atoms with E-state index in [9.17, 15) is 9.90 Å². The van der Waals surface area contributed by atoms with Gasteiger partial charge in [0.2, 0.25) is 5.13 Å². The number of carbonyl (C=O) groups excluding carboxylic acids is 1. The monoisotopic (exact) mass is 410 g/mol. The number of nitrogens with one attached hydrogen (secondary N) is 1. The van der Waals surface area contributed by atoms with E-state index in [1.54, 1.807) is 30.5 Å². The second-order valence-corrected chi connectivity index (χ2v) is 8.08. The Labute approximate surface area is 172 Å². The van der Waals surface area contributed by atoms with Crippen molar-refractivity contribution in [3.05, 3.63) is 59.2 Å². The molecule has 150 valence electrons. The van der Waals surface area contributed by atoms with E-state index in [-0.39, 0.29) is 0 Å². The zero-order valence-corrected chi connectivity index (χ0v) is 16.6. The van der Waals surface area contributed by atoms with Gasteiger partial charge in [-0.15, -0.1) is 15.3 Å². The molecule has 1 saturated heterocycles. The van der Waals surface area contributed by atoms with Crippen molar-refractivity contribution in [2.75, 3.05) is 23.3 Å². The molecule has 1 atom stereocenters. The zero-order chi connectivity index (χ0) is 20.1. The molecule has 3 aromatic rings. The maximum atomic E-state index is 12.2. The van der Waals surface area contributed by atoms with Crippen LogP contribution in [0.15, 0.2) is 48.7 Å². The van der Waals surface area contributed by atoms with Gasteiger partial charge in [0, 0.05) is 25.7 Å². The molecule has 2 N–H and O–H groups in total. The lowest BCUT2D eigenvalue weighted by Crippen LogP contribution is -2.34. The van der Waals surface area contributed by atoms with Gasteiger partial charge in [0.25, 0.3) is 5.91 Å². The van der Waals surface area contributed by atoms with Crippen molar-refractivity contribution in [2.45, 2.75) is 25.4 Å². The summed E-state index contributed by atoms with van der Waals surface area (Å²) < 4.78 is 0.